The Morgan fingerprint density at radius 1 is 1.44 bits per heavy atom. The summed E-state index contributed by atoms with van der Waals surface area (Å²) in [5.41, 5.74) is 0. The number of methoxy groups -OCH3 is 1. The van der Waals surface area contributed by atoms with Gasteiger partial charge in [-0.3, -0.25) is 9.69 Å². The van der Waals surface area contributed by atoms with Crippen molar-refractivity contribution in [3.8, 4) is 0 Å². The van der Waals surface area contributed by atoms with Gasteiger partial charge >= 0.3 is 5.97 Å². The Labute approximate surface area is 108 Å². The number of rotatable bonds is 8. The van der Waals surface area contributed by atoms with E-state index >= 15 is 0 Å². The summed E-state index contributed by atoms with van der Waals surface area (Å²) >= 11 is 0. The fraction of sp³-hybridized carbons (Fsp3) is 0.750. The van der Waals surface area contributed by atoms with Crippen LogP contribution in [0.1, 0.15) is 32.5 Å². The summed E-state index contributed by atoms with van der Waals surface area (Å²) in [5.74, 6) is 0.680. The lowest BCUT2D eigenvalue weighted by molar-refractivity contribution is -0.142. The van der Waals surface area contributed by atoms with Crippen LogP contribution >= 0.6 is 0 Å². The van der Waals surface area contributed by atoms with Crippen LogP contribution in [0.2, 0.25) is 0 Å². The second-order valence-corrected chi connectivity index (χ2v) is 4.19. The average molecular weight is 254 g/mol. The molecule has 1 aromatic heterocycles. The molecule has 0 atom stereocenters. The normalized spacial score (nSPS) is 10.9. The number of carbonyl (C=O) groups is 1. The lowest BCUT2D eigenvalue weighted by Crippen LogP contribution is -2.32. The molecule has 1 rings (SSSR count). The van der Waals surface area contributed by atoms with Crippen molar-refractivity contribution in [1.82, 2.24) is 19.7 Å². The number of hydrogen-bond donors (Lipinski definition) is 0. The molecule has 0 aliphatic rings. The van der Waals surface area contributed by atoms with E-state index in [2.05, 4.69) is 23.9 Å². The van der Waals surface area contributed by atoms with Gasteiger partial charge in [-0.15, -0.1) is 0 Å². The van der Waals surface area contributed by atoms with Gasteiger partial charge in [0.25, 0.3) is 0 Å². The number of esters is 1. The molecule has 102 valence electrons. The van der Waals surface area contributed by atoms with Crippen molar-refractivity contribution in [2.75, 3.05) is 20.2 Å². The van der Waals surface area contributed by atoms with E-state index in [1.807, 2.05) is 9.58 Å². The standard InChI is InChI=1S/C12H22N4O2/c1-4-6-15(9-12(17)18-3)8-11-13-10-14-16(11)7-5-2/h10H,4-9H2,1-3H3. The molecule has 0 N–H and O–H groups in total. The molecular formula is C12H22N4O2. The first-order valence-corrected chi connectivity index (χ1v) is 6.37. The first kappa shape index (κ1) is 14.6. The highest BCUT2D eigenvalue weighted by molar-refractivity contribution is 5.71. The van der Waals surface area contributed by atoms with Gasteiger partial charge in [0, 0.05) is 6.54 Å². The van der Waals surface area contributed by atoms with E-state index in [-0.39, 0.29) is 5.97 Å². The molecule has 6 heteroatoms. The number of nitrogens with zero attached hydrogens (tertiary/aromatic N) is 4. The van der Waals surface area contributed by atoms with Crippen LogP contribution in [-0.4, -0.2) is 45.8 Å². The summed E-state index contributed by atoms with van der Waals surface area (Å²) in [5, 5.41) is 4.18. The molecule has 0 aromatic carbocycles. The zero-order chi connectivity index (χ0) is 13.4. The van der Waals surface area contributed by atoms with Crippen molar-refractivity contribution in [1.29, 1.82) is 0 Å². The highest BCUT2D eigenvalue weighted by Crippen LogP contribution is 2.03. The summed E-state index contributed by atoms with van der Waals surface area (Å²) in [6.45, 7) is 6.80. The maximum Gasteiger partial charge on any atom is 0.319 e. The minimum absolute atomic E-state index is 0.218. The molecular weight excluding hydrogens is 232 g/mol. The van der Waals surface area contributed by atoms with Crippen LogP contribution in [-0.2, 0) is 22.6 Å². The Morgan fingerprint density at radius 2 is 2.22 bits per heavy atom. The molecule has 0 amide bonds. The van der Waals surface area contributed by atoms with E-state index in [0.29, 0.717) is 13.1 Å². The van der Waals surface area contributed by atoms with Crippen LogP contribution in [0.4, 0.5) is 0 Å². The average Bonchev–Trinajstić information content (AvgIpc) is 2.77. The second-order valence-electron chi connectivity index (χ2n) is 4.19. The third-order valence-electron chi connectivity index (χ3n) is 2.62. The van der Waals surface area contributed by atoms with Gasteiger partial charge in [0.1, 0.15) is 12.2 Å². The van der Waals surface area contributed by atoms with Gasteiger partial charge < -0.3 is 4.74 Å². The largest absolute Gasteiger partial charge is 0.468 e. The lowest BCUT2D eigenvalue weighted by Gasteiger charge is -2.19. The zero-order valence-electron chi connectivity index (χ0n) is 11.4. The van der Waals surface area contributed by atoms with Crippen LogP contribution in [0.25, 0.3) is 0 Å². The van der Waals surface area contributed by atoms with E-state index in [1.54, 1.807) is 6.33 Å². The topological polar surface area (TPSA) is 60.3 Å². The van der Waals surface area contributed by atoms with Crippen molar-refractivity contribution >= 4 is 5.97 Å². The molecule has 18 heavy (non-hydrogen) atoms. The predicted octanol–water partition coefficient (Wildman–Crippen LogP) is 1.07. The van der Waals surface area contributed by atoms with Crippen molar-refractivity contribution in [3.63, 3.8) is 0 Å². The third kappa shape index (κ3) is 4.44. The summed E-state index contributed by atoms with van der Waals surface area (Å²) < 4.78 is 6.59. The SMILES string of the molecule is CCCN(CC(=O)OC)Cc1ncnn1CCC. The van der Waals surface area contributed by atoms with Crippen LogP contribution in [0.5, 0.6) is 0 Å². The first-order valence-electron chi connectivity index (χ1n) is 6.37. The molecule has 1 heterocycles. The Hall–Kier alpha value is -1.43. The quantitative estimate of drug-likeness (QED) is 0.649. The number of hydrogen-bond acceptors (Lipinski definition) is 5. The van der Waals surface area contributed by atoms with Crippen LogP contribution in [0.15, 0.2) is 6.33 Å². The minimum Gasteiger partial charge on any atom is -0.468 e. The third-order valence-corrected chi connectivity index (χ3v) is 2.62. The summed E-state index contributed by atoms with van der Waals surface area (Å²) in [4.78, 5) is 17.6. The van der Waals surface area contributed by atoms with Crippen LogP contribution in [0.3, 0.4) is 0 Å². The van der Waals surface area contributed by atoms with Gasteiger partial charge in [0.15, 0.2) is 0 Å². The van der Waals surface area contributed by atoms with E-state index in [9.17, 15) is 4.79 Å². The van der Waals surface area contributed by atoms with E-state index < -0.39 is 0 Å². The smallest absolute Gasteiger partial charge is 0.319 e. The maximum atomic E-state index is 11.3. The summed E-state index contributed by atoms with van der Waals surface area (Å²) in [6.07, 6.45) is 3.56. The zero-order valence-corrected chi connectivity index (χ0v) is 11.4. The molecule has 0 bridgehead atoms. The van der Waals surface area contributed by atoms with Crippen molar-refractivity contribution in [2.24, 2.45) is 0 Å². The fourth-order valence-corrected chi connectivity index (χ4v) is 1.79. The van der Waals surface area contributed by atoms with Crippen molar-refractivity contribution < 1.29 is 9.53 Å². The first-order chi connectivity index (χ1) is 8.71. The monoisotopic (exact) mass is 254 g/mol. The van der Waals surface area contributed by atoms with Crippen molar-refractivity contribution in [2.45, 2.75) is 39.8 Å². The van der Waals surface area contributed by atoms with E-state index in [1.165, 1.54) is 7.11 Å². The van der Waals surface area contributed by atoms with Crippen LogP contribution in [0, 0.1) is 0 Å². The Morgan fingerprint density at radius 3 is 2.83 bits per heavy atom. The van der Waals surface area contributed by atoms with Gasteiger partial charge in [-0.1, -0.05) is 13.8 Å². The number of aromatic nitrogens is 3. The summed E-state index contributed by atoms with van der Waals surface area (Å²) in [7, 11) is 1.41. The Kier molecular flexibility index (Phi) is 6.35. The van der Waals surface area contributed by atoms with E-state index in [0.717, 1.165) is 31.8 Å². The molecule has 0 saturated heterocycles. The lowest BCUT2D eigenvalue weighted by atomic mass is 10.3. The molecule has 0 spiro atoms. The molecule has 6 nitrogen and oxygen atoms in total. The van der Waals surface area contributed by atoms with Gasteiger partial charge in [-0.2, -0.15) is 5.10 Å². The molecule has 0 saturated carbocycles. The van der Waals surface area contributed by atoms with E-state index in [4.69, 9.17) is 4.74 Å². The van der Waals surface area contributed by atoms with Gasteiger partial charge in [0.2, 0.25) is 0 Å². The Bertz CT molecular complexity index is 365. The highest BCUT2D eigenvalue weighted by Gasteiger charge is 2.13. The van der Waals surface area contributed by atoms with Gasteiger partial charge in [-0.25, -0.2) is 9.67 Å². The Balaban J connectivity index is 2.63. The fourth-order valence-electron chi connectivity index (χ4n) is 1.79. The minimum atomic E-state index is -0.218. The molecule has 0 unspecified atom stereocenters. The highest BCUT2D eigenvalue weighted by atomic mass is 16.5. The summed E-state index contributed by atoms with van der Waals surface area (Å²) in [6, 6.07) is 0. The number of ether oxygens (including phenoxy) is 1. The molecule has 1 aromatic rings. The predicted molar refractivity (Wildman–Crippen MR) is 67.9 cm³/mol. The molecule has 0 fully saturated rings. The molecule has 0 radical (unpaired) electrons. The van der Waals surface area contributed by atoms with Crippen molar-refractivity contribution in [3.05, 3.63) is 12.2 Å². The van der Waals surface area contributed by atoms with Gasteiger partial charge in [0.05, 0.1) is 20.2 Å². The molecule has 0 aliphatic heterocycles. The van der Waals surface area contributed by atoms with Gasteiger partial charge in [-0.05, 0) is 19.4 Å². The second kappa shape index (κ2) is 7.81. The molecule has 0 aliphatic carbocycles. The maximum absolute atomic E-state index is 11.3. The number of carbonyl (C=O) groups excluding carboxylic acids is 1. The van der Waals surface area contributed by atoms with Crippen LogP contribution < -0.4 is 0 Å². The number of aryl methyl sites for hydroxylation is 1.